The van der Waals surface area contributed by atoms with Crippen molar-refractivity contribution in [2.24, 2.45) is 0 Å². The van der Waals surface area contributed by atoms with E-state index in [0.717, 1.165) is 18.8 Å². The third kappa shape index (κ3) is 2.54. The highest BCUT2D eigenvalue weighted by atomic mass is 16.5. The van der Waals surface area contributed by atoms with Crippen molar-refractivity contribution in [2.75, 3.05) is 44.3 Å². The lowest BCUT2D eigenvalue weighted by Crippen LogP contribution is -2.61. The highest BCUT2D eigenvalue weighted by molar-refractivity contribution is 5.79. The van der Waals surface area contributed by atoms with E-state index >= 15 is 0 Å². The van der Waals surface area contributed by atoms with Crippen molar-refractivity contribution < 1.29 is 14.6 Å². The number of nitriles is 1. The second-order valence-corrected chi connectivity index (χ2v) is 5.77. The zero-order chi connectivity index (χ0) is 15.6. The Morgan fingerprint density at radius 2 is 1.91 bits per heavy atom. The fraction of sp³-hybridized carbons (Fsp3) is 0.500. The van der Waals surface area contributed by atoms with Gasteiger partial charge in [0.25, 0.3) is 0 Å². The summed E-state index contributed by atoms with van der Waals surface area (Å²) in [6.07, 6.45) is 0.555. The number of hydrogen-bond acceptors (Lipinski definition) is 5. The summed E-state index contributed by atoms with van der Waals surface area (Å²) in [4.78, 5) is 15.9. The van der Waals surface area contributed by atoms with Crippen molar-refractivity contribution in [3.8, 4) is 6.07 Å². The minimum Gasteiger partial charge on any atom is -0.480 e. The molecule has 116 valence electrons. The van der Waals surface area contributed by atoms with Crippen LogP contribution in [0.1, 0.15) is 12.0 Å². The highest BCUT2D eigenvalue weighted by Crippen LogP contribution is 2.29. The molecule has 0 amide bonds. The number of aliphatic carboxylic acids is 1. The monoisotopic (exact) mass is 301 g/mol. The number of piperazine rings is 1. The maximum absolute atomic E-state index is 11.7. The second-order valence-electron chi connectivity index (χ2n) is 5.77. The van der Waals surface area contributed by atoms with E-state index in [0.29, 0.717) is 31.7 Å². The molecule has 1 atom stereocenters. The van der Waals surface area contributed by atoms with Crippen LogP contribution in [-0.2, 0) is 9.53 Å². The minimum atomic E-state index is -0.850. The highest BCUT2D eigenvalue weighted by Gasteiger charge is 2.48. The third-order valence-electron chi connectivity index (χ3n) is 4.65. The molecule has 6 heteroatoms. The molecule has 0 saturated carbocycles. The molecule has 1 aromatic carbocycles. The summed E-state index contributed by atoms with van der Waals surface area (Å²) in [6.45, 7) is 3.76. The van der Waals surface area contributed by atoms with Crippen LogP contribution in [0.4, 0.5) is 5.69 Å². The fourth-order valence-corrected chi connectivity index (χ4v) is 3.25. The number of benzene rings is 1. The number of carbonyl (C=O) groups is 1. The summed E-state index contributed by atoms with van der Waals surface area (Å²) in [7, 11) is 0. The zero-order valence-electron chi connectivity index (χ0n) is 12.4. The average Bonchev–Trinajstić information content (AvgIpc) is 3.06. The Labute approximate surface area is 129 Å². The van der Waals surface area contributed by atoms with Crippen LogP contribution >= 0.6 is 0 Å². The fourth-order valence-electron chi connectivity index (χ4n) is 3.25. The summed E-state index contributed by atoms with van der Waals surface area (Å²) >= 11 is 0. The molecule has 3 rings (SSSR count). The van der Waals surface area contributed by atoms with Crippen LogP contribution in [0.2, 0.25) is 0 Å². The van der Waals surface area contributed by atoms with Crippen LogP contribution in [0.5, 0.6) is 0 Å². The van der Waals surface area contributed by atoms with Crippen molar-refractivity contribution in [1.29, 1.82) is 5.26 Å². The van der Waals surface area contributed by atoms with E-state index in [1.165, 1.54) is 0 Å². The first kappa shape index (κ1) is 14.8. The van der Waals surface area contributed by atoms with Gasteiger partial charge in [0.15, 0.2) is 0 Å². The van der Waals surface area contributed by atoms with Crippen LogP contribution in [0.15, 0.2) is 24.3 Å². The van der Waals surface area contributed by atoms with Crippen molar-refractivity contribution >= 4 is 11.7 Å². The number of carboxylic acid groups (broad SMARTS) is 1. The molecular weight excluding hydrogens is 282 g/mol. The van der Waals surface area contributed by atoms with E-state index in [1.807, 2.05) is 29.2 Å². The van der Waals surface area contributed by atoms with E-state index in [2.05, 4.69) is 11.0 Å². The smallest absolute Gasteiger partial charge is 0.326 e. The first-order chi connectivity index (χ1) is 10.7. The summed E-state index contributed by atoms with van der Waals surface area (Å²) in [5, 5.41) is 18.4. The molecule has 0 aromatic heterocycles. The second kappa shape index (κ2) is 5.95. The minimum absolute atomic E-state index is 0.277. The van der Waals surface area contributed by atoms with Crippen LogP contribution in [0, 0.1) is 11.3 Å². The molecule has 1 N–H and O–H groups in total. The quantitative estimate of drug-likeness (QED) is 0.895. The number of hydrogen-bond donors (Lipinski definition) is 1. The van der Waals surface area contributed by atoms with Gasteiger partial charge in [0.1, 0.15) is 5.54 Å². The van der Waals surface area contributed by atoms with Crippen LogP contribution in [0.25, 0.3) is 0 Å². The Morgan fingerprint density at radius 1 is 1.23 bits per heavy atom. The Morgan fingerprint density at radius 3 is 2.41 bits per heavy atom. The summed E-state index contributed by atoms with van der Waals surface area (Å²) < 4.78 is 5.35. The third-order valence-corrected chi connectivity index (χ3v) is 4.65. The maximum atomic E-state index is 11.7. The number of carboxylic acids is 1. The Hall–Kier alpha value is -2.10. The predicted octanol–water partition coefficient (Wildman–Crippen LogP) is 0.924. The number of ether oxygens (including phenoxy) is 1. The van der Waals surface area contributed by atoms with E-state index in [1.54, 1.807) is 0 Å². The van der Waals surface area contributed by atoms with E-state index in [-0.39, 0.29) is 6.61 Å². The standard InChI is InChI=1S/C16H19N3O3/c17-11-13-1-3-14(4-2-13)18-6-8-19(9-7-18)16(15(20)21)5-10-22-12-16/h1-4H,5-10,12H2,(H,20,21). The number of rotatable bonds is 3. The molecule has 0 bridgehead atoms. The van der Waals surface area contributed by atoms with Gasteiger partial charge >= 0.3 is 5.97 Å². The van der Waals surface area contributed by atoms with Gasteiger partial charge < -0.3 is 14.7 Å². The van der Waals surface area contributed by atoms with Gasteiger partial charge in [-0.3, -0.25) is 9.69 Å². The Balaban J connectivity index is 1.67. The van der Waals surface area contributed by atoms with E-state index < -0.39 is 11.5 Å². The van der Waals surface area contributed by atoms with Crippen molar-refractivity contribution in [2.45, 2.75) is 12.0 Å². The lowest BCUT2D eigenvalue weighted by molar-refractivity contribution is -0.152. The summed E-state index contributed by atoms with van der Waals surface area (Å²) in [5.41, 5.74) is 0.873. The molecule has 0 aliphatic carbocycles. The molecule has 1 aromatic rings. The van der Waals surface area contributed by atoms with Crippen LogP contribution < -0.4 is 4.90 Å². The molecule has 2 heterocycles. The van der Waals surface area contributed by atoms with E-state index in [4.69, 9.17) is 10.00 Å². The zero-order valence-corrected chi connectivity index (χ0v) is 12.4. The lowest BCUT2D eigenvalue weighted by Gasteiger charge is -2.43. The van der Waals surface area contributed by atoms with Crippen molar-refractivity contribution in [1.82, 2.24) is 4.90 Å². The van der Waals surface area contributed by atoms with Gasteiger partial charge in [0, 0.05) is 44.9 Å². The molecule has 2 saturated heterocycles. The normalized spacial score (nSPS) is 25.9. The Bertz CT molecular complexity index is 580. The molecule has 0 spiro atoms. The van der Waals surface area contributed by atoms with Gasteiger partial charge in [-0.15, -0.1) is 0 Å². The SMILES string of the molecule is N#Cc1ccc(N2CCN(C3(C(=O)O)CCOC3)CC2)cc1. The summed E-state index contributed by atoms with van der Waals surface area (Å²) in [5.74, 6) is -0.781. The summed E-state index contributed by atoms with van der Waals surface area (Å²) in [6, 6.07) is 9.62. The Kier molecular flexibility index (Phi) is 4.01. The molecular formula is C16H19N3O3. The van der Waals surface area contributed by atoms with Gasteiger partial charge in [-0.2, -0.15) is 5.26 Å². The average molecular weight is 301 g/mol. The predicted molar refractivity (Wildman–Crippen MR) is 80.7 cm³/mol. The van der Waals surface area contributed by atoms with Crippen molar-refractivity contribution in [3.05, 3.63) is 29.8 Å². The first-order valence-corrected chi connectivity index (χ1v) is 7.47. The van der Waals surface area contributed by atoms with Crippen LogP contribution in [-0.4, -0.2) is 60.9 Å². The van der Waals surface area contributed by atoms with Gasteiger partial charge in [-0.05, 0) is 24.3 Å². The number of anilines is 1. The van der Waals surface area contributed by atoms with Crippen LogP contribution in [0.3, 0.4) is 0 Å². The first-order valence-electron chi connectivity index (χ1n) is 7.47. The largest absolute Gasteiger partial charge is 0.480 e. The van der Waals surface area contributed by atoms with Gasteiger partial charge in [0.2, 0.25) is 0 Å². The lowest BCUT2D eigenvalue weighted by atomic mass is 9.95. The number of nitrogens with zero attached hydrogens (tertiary/aromatic N) is 3. The molecule has 0 radical (unpaired) electrons. The van der Waals surface area contributed by atoms with Gasteiger partial charge in [-0.25, -0.2) is 0 Å². The molecule has 2 aliphatic heterocycles. The maximum Gasteiger partial charge on any atom is 0.326 e. The molecule has 2 fully saturated rings. The van der Waals surface area contributed by atoms with E-state index in [9.17, 15) is 9.90 Å². The van der Waals surface area contributed by atoms with Gasteiger partial charge in [0.05, 0.1) is 18.2 Å². The molecule has 6 nitrogen and oxygen atoms in total. The van der Waals surface area contributed by atoms with Gasteiger partial charge in [-0.1, -0.05) is 0 Å². The molecule has 22 heavy (non-hydrogen) atoms. The molecule has 1 unspecified atom stereocenters. The van der Waals surface area contributed by atoms with Crippen molar-refractivity contribution in [3.63, 3.8) is 0 Å². The topological polar surface area (TPSA) is 76.8 Å². The molecule has 2 aliphatic rings.